The molecular weight excluding hydrogens is 479 g/mol. The predicted molar refractivity (Wildman–Crippen MR) is 126 cm³/mol. The van der Waals surface area contributed by atoms with Crippen molar-refractivity contribution >= 4 is 29.2 Å². The number of fused-ring (bicyclic) bond motifs is 1. The molecule has 2 N–H and O–H groups in total. The van der Waals surface area contributed by atoms with Gasteiger partial charge in [0.2, 0.25) is 5.88 Å². The Bertz CT molecular complexity index is 1320. The Hall–Kier alpha value is -3.86. The summed E-state index contributed by atoms with van der Waals surface area (Å²) in [6, 6.07) is 18.9. The molecule has 3 aromatic carbocycles. The van der Waals surface area contributed by atoms with Gasteiger partial charge in [-0.3, -0.25) is 0 Å². The zero-order chi connectivity index (χ0) is 24.2. The van der Waals surface area contributed by atoms with Crippen LogP contribution in [0.2, 0.25) is 10.0 Å². The molecule has 1 atom stereocenters. The van der Waals surface area contributed by atoms with Crippen molar-refractivity contribution in [1.82, 2.24) is 0 Å². The fourth-order valence-electron chi connectivity index (χ4n) is 3.51. The molecule has 7 nitrogen and oxygen atoms in total. The number of nitriles is 1. The monoisotopic (exact) mass is 496 g/mol. The molecule has 0 fully saturated rings. The van der Waals surface area contributed by atoms with Crippen LogP contribution in [0.5, 0.6) is 23.0 Å². The first-order valence-corrected chi connectivity index (χ1v) is 10.8. The Morgan fingerprint density at radius 1 is 1.03 bits per heavy atom. The molecule has 0 radical (unpaired) electrons. The molecule has 0 bridgehead atoms. The quantitative estimate of drug-likeness (QED) is 0.369. The minimum atomic E-state index is -0.603. The molecule has 1 heterocycles. The summed E-state index contributed by atoms with van der Waals surface area (Å²) in [5.41, 5.74) is 7.65. The van der Waals surface area contributed by atoms with Crippen molar-refractivity contribution in [3.8, 4) is 29.1 Å². The second-order valence-electron chi connectivity index (χ2n) is 7.24. The fourth-order valence-corrected chi connectivity index (χ4v) is 3.82. The Balaban J connectivity index is 1.53. The van der Waals surface area contributed by atoms with Gasteiger partial charge in [0.15, 0.2) is 6.61 Å². The van der Waals surface area contributed by atoms with Crippen molar-refractivity contribution in [2.75, 3.05) is 13.7 Å². The van der Waals surface area contributed by atoms with Gasteiger partial charge < -0.3 is 24.7 Å². The summed E-state index contributed by atoms with van der Waals surface area (Å²) in [5, 5.41) is 10.4. The van der Waals surface area contributed by atoms with Crippen molar-refractivity contribution in [3.63, 3.8) is 0 Å². The zero-order valence-corrected chi connectivity index (χ0v) is 19.4. The lowest BCUT2D eigenvalue weighted by Gasteiger charge is -2.27. The van der Waals surface area contributed by atoms with E-state index < -0.39 is 11.9 Å². The third-order valence-electron chi connectivity index (χ3n) is 5.12. The minimum absolute atomic E-state index is 0.0441. The highest BCUT2D eigenvalue weighted by molar-refractivity contribution is 6.42. The first-order valence-electron chi connectivity index (χ1n) is 10.0. The summed E-state index contributed by atoms with van der Waals surface area (Å²) in [6.45, 7) is -0.295. The maximum atomic E-state index is 12.3. The number of esters is 1. The summed E-state index contributed by atoms with van der Waals surface area (Å²) in [4.78, 5) is 12.3. The van der Waals surface area contributed by atoms with E-state index in [2.05, 4.69) is 6.07 Å². The largest absolute Gasteiger partial charge is 0.497 e. The number of allylic oxidation sites excluding steroid dienone is 1. The average Bonchev–Trinajstić information content (AvgIpc) is 2.84. The van der Waals surface area contributed by atoms with Crippen LogP contribution in [0, 0.1) is 11.3 Å². The van der Waals surface area contributed by atoms with Gasteiger partial charge in [-0.15, -0.1) is 0 Å². The van der Waals surface area contributed by atoms with Gasteiger partial charge in [-0.2, -0.15) is 5.26 Å². The van der Waals surface area contributed by atoms with Gasteiger partial charge in [-0.1, -0.05) is 35.3 Å². The van der Waals surface area contributed by atoms with Crippen LogP contribution in [0.25, 0.3) is 0 Å². The van der Waals surface area contributed by atoms with Crippen LogP contribution in [0.3, 0.4) is 0 Å². The minimum Gasteiger partial charge on any atom is -0.497 e. The van der Waals surface area contributed by atoms with Crippen molar-refractivity contribution in [2.45, 2.75) is 5.92 Å². The van der Waals surface area contributed by atoms with Gasteiger partial charge in [0.25, 0.3) is 0 Å². The molecule has 9 heteroatoms. The van der Waals surface area contributed by atoms with Crippen LogP contribution in [0.15, 0.2) is 72.1 Å². The number of ether oxygens (including phenoxy) is 4. The van der Waals surface area contributed by atoms with Crippen molar-refractivity contribution in [2.24, 2.45) is 5.73 Å². The molecule has 0 spiro atoms. The Morgan fingerprint density at radius 3 is 2.41 bits per heavy atom. The molecule has 0 aromatic heterocycles. The smallest absolute Gasteiger partial charge is 0.349 e. The second-order valence-corrected chi connectivity index (χ2v) is 8.05. The lowest BCUT2D eigenvalue weighted by Crippen LogP contribution is -2.21. The van der Waals surface area contributed by atoms with E-state index in [9.17, 15) is 10.1 Å². The number of nitrogens with zero attached hydrogens (tertiary/aromatic N) is 1. The van der Waals surface area contributed by atoms with Gasteiger partial charge >= 0.3 is 5.97 Å². The highest BCUT2D eigenvalue weighted by Crippen LogP contribution is 2.44. The zero-order valence-electron chi connectivity index (χ0n) is 17.9. The maximum absolute atomic E-state index is 12.3. The third-order valence-corrected chi connectivity index (χ3v) is 5.85. The molecule has 4 rings (SSSR count). The molecule has 1 aliphatic heterocycles. The van der Waals surface area contributed by atoms with Gasteiger partial charge in [0.1, 0.15) is 34.6 Å². The van der Waals surface area contributed by atoms with Crippen LogP contribution in [-0.4, -0.2) is 19.7 Å². The first-order chi connectivity index (χ1) is 16.4. The Morgan fingerprint density at radius 2 is 1.74 bits per heavy atom. The number of methoxy groups -OCH3 is 1. The molecule has 0 amide bonds. The maximum Gasteiger partial charge on any atom is 0.349 e. The highest BCUT2D eigenvalue weighted by Gasteiger charge is 2.31. The molecule has 0 saturated carbocycles. The van der Waals surface area contributed by atoms with E-state index in [1.807, 2.05) is 0 Å². The van der Waals surface area contributed by atoms with Gasteiger partial charge in [-0.25, -0.2) is 4.79 Å². The third kappa shape index (κ3) is 4.88. The van der Waals surface area contributed by atoms with E-state index in [1.54, 1.807) is 61.7 Å². The van der Waals surface area contributed by atoms with Gasteiger partial charge in [0.05, 0.1) is 23.1 Å². The summed E-state index contributed by atoms with van der Waals surface area (Å²) in [5.74, 6) is 0.601. The van der Waals surface area contributed by atoms with E-state index in [0.29, 0.717) is 32.9 Å². The SMILES string of the molecule is COc1ccc(OCC(=O)Oc2ccc3c(c2)OC(N)=C(C#N)C3c2ccc(Cl)c(Cl)c2)cc1. The van der Waals surface area contributed by atoms with Crippen molar-refractivity contribution < 1.29 is 23.7 Å². The second kappa shape index (κ2) is 9.96. The number of hydrogen-bond acceptors (Lipinski definition) is 7. The van der Waals surface area contributed by atoms with E-state index in [1.165, 1.54) is 6.07 Å². The van der Waals surface area contributed by atoms with Crippen LogP contribution < -0.4 is 24.7 Å². The Kier molecular flexibility index (Phi) is 6.82. The first kappa shape index (κ1) is 23.3. The molecule has 1 unspecified atom stereocenters. The fraction of sp³-hybridized carbons (Fsp3) is 0.120. The van der Waals surface area contributed by atoms with Crippen molar-refractivity contribution in [1.29, 1.82) is 5.26 Å². The topological polar surface area (TPSA) is 104 Å². The number of carbonyl (C=O) groups is 1. The van der Waals surface area contributed by atoms with E-state index in [4.69, 9.17) is 47.9 Å². The van der Waals surface area contributed by atoms with Crippen LogP contribution in [0.1, 0.15) is 17.0 Å². The van der Waals surface area contributed by atoms with Gasteiger partial charge in [0, 0.05) is 11.6 Å². The molecule has 0 saturated heterocycles. The summed E-state index contributed by atoms with van der Waals surface area (Å²) < 4.78 is 21.6. The number of hydrogen-bond donors (Lipinski definition) is 1. The molecule has 0 aliphatic carbocycles. The number of carbonyl (C=O) groups excluding carboxylic acids is 1. The van der Waals surface area contributed by atoms with Gasteiger partial charge in [-0.05, 0) is 48.0 Å². The lowest BCUT2D eigenvalue weighted by molar-refractivity contribution is -0.136. The Labute approximate surface area is 205 Å². The summed E-state index contributed by atoms with van der Waals surface area (Å²) in [6.07, 6.45) is 0. The molecule has 172 valence electrons. The summed E-state index contributed by atoms with van der Waals surface area (Å²) >= 11 is 12.2. The number of nitrogens with two attached hydrogens (primary N) is 1. The van der Waals surface area contributed by atoms with Crippen LogP contribution >= 0.6 is 23.2 Å². The number of halogens is 2. The standard InChI is InChI=1S/C25H18Cl2N2O5/c1-31-15-3-5-16(6-4-15)32-13-23(30)33-17-7-8-18-22(11-17)34-25(29)19(12-28)24(18)14-2-9-20(26)21(27)10-14/h2-11,24H,13,29H2,1H3. The molecule has 1 aliphatic rings. The molecule has 3 aromatic rings. The van der Waals surface area contributed by atoms with E-state index >= 15 is 0 Å². The average molecular weight is 497 g/mol. The number of benzene rings is 3. The van der Waals surface area contributed by atoms with Crippen LogP contribution in [-0.2, 0) is 4.79 Å². The molecule has 34 heavy (non-hydrogen) atoms. The lowest BCUT2D eigenvalue weighted by atomic mass is 9.83. The highest BCUT2D eigenvalue weighted by atomic mass is 35.5. The summed E-state index contributed by atoms with van der Waals surface area (Å²) in [7, 11) is 1.56. The van der Waals surface area contributed by atoms with Crippen molar-refractivity contribution in [3.05, 3.63) is 93.3 Å². The number of rotatable bonds is 6. The van der Waals surface area contributed by atoms with E-state index in [0.717, 1.165) is 5.56 Å². The van der Waals surface area contributed by atoms with Crippen LogP contribution in [0.4, 0.5) is 0 Å². The van der Waals surface area contributed by atoms with E-state index in [-0.39, 0.29) is 23.8 Å². The molecular formula is C25H18Cl2N2O5. The predicted octanol–water partition coefficient (Wildman–Crippen LogP) is 5.20. The normalized spacial score (nSPS) is 14.5.